The Morgan fingerprint density at radius 2 is 1.90 bits per heavy atom. The van der Waals surface area contributed by atoms with Crippen LogP contribution in [0, 0.1) is 0 Å². The largest absolute Gasteiger partial charge is 0.419 e. The van der Waals surface area contributed by atoms with E-state index in [9.17, 15) is 14.7 Å². The number of nitrogens with zero attached hydrogens (tertiary/aromatic N) is 2. The first-order valence-corrected chi connectivity index (χ1v) is 10.4. The Labute approximate surface area is 176 Å². The minimum Gasteiger partial charge on any atom is -0.408 e. The van der Waals surface area contributed by atoms with Crippen LogP contribution in [-0.4, -0.2) is 33.7 Å². The first kappa shape index (κ1) is 19.7. The number of carbonyl (C=O) groups excluding carboxylic acids is 1. The number of oxazole rings is 1. The van der Waals surface area contributed by atoms with Gasteiger partial charge in [-0.25, -0.2) is 9.59 Å². The predicted molar refractivity (Wildman–Crippen MR) is 114 cm³/mol. The van der Waals surface area contributed by atoms with Crippen LogP contribution in [0.4, 0.5) is 10.5 Å². The highest BCUT2D eigenvalue weighted by molar-refractivity contribution is 9.10. The number of nitrogens with one attached hydrogen (secondary N) is 1. The molecule has 2 N–H and O–H groups in total. The van der Waals surface area contributed by atoms with Gasteiger partial charge in [-0.05, 0) is 49.6 Å². The molecule has 1 aromatic heterocycles. The Hall–Kier alpha value is -2.58. The Kier molecular flexibility index (Phi) is 5.23. The second-order valence-corrected chi connectivity index (χ2v) is 8.17. The lowest BCUT2D eigenvalue weighted by Gasteiger charge is -2.38. The molecule has 2 heterocycles. The van der Waals surface area contributed by atoms with Crippen molar-refractivity contribution in [2.75, 3.05) is 18.4 Å². The van der Waals surface area contributed by atoms with Gasteiger partial charge in [0, 0.05) is 35.9 Å². The molecule has 1 fully saturated rings. The Morgan fingerprint density at radius 1 is 1.21 bits per heavy atom. The number of fused-ring (bicyclic) bond motifs is 1. The molecule has 0 saturated carbocycles. The number of likely N-dealkylation sites (tertiary alicyclic amines) is 1. The fourth-order valence-corrected chi connectivity index (χ4v) is 4.04. The second kappa shape index (κ2) is 7.68. The van der Waals surface area contributed by atoms with Crippen LogP contribution < -0.4 is 11.1 Å². The first-order chi connectivity index (χ1) is 13.9. The van der Waals surface area contributed by atoms with E-state index in [0.717, 1.165) is 10.0 Å². The monoisotopic (exact) mass is 459 g/mol. The summed E-state index contributed by atoms with van der Waals surface area (Å²) >= 11 is 3.40. The zero-order valence-electron chi connectivity index (χ0n) is 16.0. The number of rotatable bonds is 3. The molecule has 1 saturated heterocycles. The number of aryl methyl sites for hydroxylation is 1. The van der Waals surface area contributed by atoms with Crippen LogP contribution in [0.1, 0.15) is 25.3 Å². The van der Waals surface area contributed by atoms with Gasteiger partial charge in [0.15, 0.2) is 5.58 Å². The summed E-state index contributed by atoms with van der Waals surface area (Å²) < 4.78 is 7.75. The number of hydrogen-bond acceptors (Lipinski definition) is 4. The summed E-state index contributed by atoms with van der Waals surface area (Å²) in [6, 6.07) is 12.6. The third kappa shape index (κ3) is 3.82. The minimum absolute atomic E-state index is 0.237. The van der Waals surface area contributed by atoms with Crippen LogP contribution in [0.2, 0.25) is 0 Å². The normalized spacial score (nSPS) is 16.2. The maximum atomic E-state index is 12.7. The quantitative estimate of drug-likeness (QED) is 0.621. The first-order valence-electron chi connectivity index (χ1n) is 9.57. The number of urea groups is 1. The Bertz CT molecular complexity index is 1100. The number of anilines is 1. The van der Waals surface area contributed by atoms with Gasteiger partial charge in [0.05, 0.1) is 11.1 Å². The van der Waals surface area contributed by atoms with Gasteiger partial charge < -0.3 is 19.7 Å². The number of carbonyl (C=O) groups is 1. The van der Waals surface area contributed by atoms with Crippen molar-refractivity contribution in [2.45, 2.75) is 31.9 Å². The second-order valence-electron chi connectivity index (χ2n) is 7.25. The van der Waals surface area contributed by atoms with E-state index in [1.54, 1.807) is 23.1 Å². The molecular weight excluding hydrogens is 438 g/mol. The van der Waals surface area contributed by atoms with E-state index in [1.807, 2.05) is 31.2 Å². The zero-order chi connectivity index (χ0) is 20.6. The number of hydrogen-bond donors (Lipinski definition) is 2. The van der Waals surface area contributed by atoms with Crippen molar-refractivity contribution in [3.05, 3.63) is 63.1 Å². The van der Waals surface area contributed by atoms with Gasteiger partial charge in [-0.1, -0.05) is 28.1 Å². The number of halogens is 1. The van der Waals surface area contributed by atoms with Crippen LogP contribution in [0.3, 0.4) is 0 Å². The summed E-state index contributed by atoms with van der Waals surface area (Å²) in [5.41, 5.74) is 1.64. The van der Waals surface area contributed by atoms with E-state index in [0.29, 0.717) is 49.3 Å². The molecule has 1 aliphatic heterocycles. The maximum Gasteiger partial charge on any atom is 0.419 e. The highest BCUT2D eigenvalue weighted by Gasteiger charge is 2.35. The maximum absolute atomic E-state index is 12.7. The molecule has 0 aliphatic carbocycles. The smallest absolute Gasteiger partial charge is 0.408 e. The molecule has 3 aromatic rings. The number of piperidine rings is 1. The van der Waals surface area contributed by atoms with E-state index in [2.05, 4.69) is 21.2 Å². The number of benzene rings is 2. The number of aromatic nitrogens is 1. The molecule has 4 rings (SSSR count). The van der Waals surface area contributed by atoms with Crippen molar-refractivity contribution < 1.29 is 14.3 Å². The molecule has 0 atom stereocenters. The fraction of sp³-hybridized carbons (Fsp3) is 0.333. The standard InChI is InChI=1S/C21H22BrN3O4/c1-2-25-17-8-7-16(13-18(17)29-20(25)27)23-19(26)24-11-9-21(28,10-12-24)14-3-5-15(22)6-4-14/h3-8,13,28H,2,9-12H2,1H3,(H,23,26). The van der Waals surface area contributed by atoms with Crippen molar-refractivity contribution in [3.8, 4) is 0 Å². The van der Waals surface area contributed by atoms with Crippen LogP contribution in [0.5, 0.6) is 0 Å². The molecule has 2 amide bonds. The average molecular weight is 460 g/mol. The van der Waals surface area contributed by atoms with Gasteiger partial charge >= 0.3 is 11.8 Å². The van der Waals surface area contributed by atoms with E-state index >= 15 is 0 Å². The topological polar surface area (TPSA) is 87.7 Å². The van der Waals surface area contributed by atoms with Gasteiger partial charge in [0.1, 0.15) is 0 Å². The molecule has 29 heavy (non-hydrogen) atoms. The highest BCUT2D eigenvalue weighted by atomic mass is 79.9. The highest BCUT2D eigenvalue weighted by Crippen LogP contribution is 2.33. The van der Waals surface area contributed by atoms with E-state index in [-0.39, 0.29) is 6.03 Å². The SMILES string of the molecule is CCn1c(=O)oc2cc(NC(=O)N3CCC(O)(c4ccc(Br)cc4)CC3)ccc21. The van der Waals surface area contributed by atoms with E-state index in [4.69, 9.17) is 4.42 Å². The molecular formula is C21H22BrN3O4. The van der Waals surface area contributed by atoms with Crippen molar-refractivity contribution in [1.29, 1.82) is 0 Å². The number of amides is 2. The van der Waals surface area contributed by atoms with Crippen LogP contribution >= 0.6 is 15.9 Å². The lowest BCUT2D eigenvalue weighted by atomic mass is 9.84. The third-order valence-corrected chi connectivity index (χ3v) is 6.02. The summed E-state index contributed by atoms with van der Waals surface area (Å²) in [6.45, 7) is 3.29. The summed E-state index contributed by atoms with van der Waals surface area (Å²) in [5, 5.41) is 13.8. The third-order valence-electron chi connectivity index (χ3n) is 5.50. The van der Waals surface area contributed by atoms with E-state index in [1.165, 1.54) is 4.57 Å². The molecule has 0 radical (unpaired) electrons. The van der Waals surface area contributed by atoms with Gasteiger partial charge in [0.25, 0.3) is 0 Å². The fourth-order valence-electron chi connectivity index (χ4n) is 3.77. The van der Waals surface area contributed by atoms with Gasteiger partial charge in [0.2, 0.25) is 0 Å². The van der Waals surface area contributed by atoms with Crippen molar-refractivity contribution >= 4 is 38.7 Å². The van der Waals surface area contributed by atoms with Crippen molar-refractivity contribution in [1.82, 2.24) is 9.47 Å². The lowest BCUT2D eigenvalue weighted by molar-refractivity contribution is -0.0157. The molecule has 7 nitrogen and oxygen atoms in total. The predicted octanol–water partition coefficient (Wildman–Crippen LogP) is 3.89. The molecule has 152 valence electrons. The van der Waals surface area contributed by atoms with Gasteiger partial charge in [-0.15, -0.1) is 0 Å². The summed E-state index contributed by atoms with van der Waals surface area (Å²) in [7, 11) is 0. The Morgan fingerprint density at radius 3 is 2.55 bits per heavy atom. The van der Waals surface area contributed by atoms with Crippen LogP contribution in [-0.2, 0) is 12.1 Å². The van der Waals surface area contributed by atoms with E-state index < -0.39 is 11.4 Å². The molecule has 2 aromatic carbocycles. The average Bonchev–Trinajstić information content (AvgIpc) is 3.03. The summed E-state index contributed by atoms with van der Waals surface area (Å²) in [4.78, 5) is 26.2. The number of aliphatic hydroxyl groups is 1. The summed E-state index contributed by atoms with van der Waals surface area (Å²) in [6.07, 6.45) is 0.935. The summed E-state index contributed by atoms with van der Waals surface area (Å²) in [5.74, 6) is -0.408. The van der Waals surface area contributed by atoms with Crippen LogP contribution in [0.15, 0.2) is 56.1 Å². The molecule has 8 heteroatoms. The molecule has 1 aliphatic rings. The lowest BCUT2D eigenvalue weighted by Crippen LogP contribution is -2.46. The zero-order valence-corrected chi connectivity index (χ0v) is 17.6. The molecule has 0 spiro atoms. The Balaban J connectivity index is 1.43. The minimum atomic E-state index is -0.928. The molecule has 0 unspecified atom stereocenters. The van der Waals surface area contributed by atoms with Crippen molar-refractivity contribution in [2.24, 2.45) is 0 Å². The molecule has 0 bridgehead atoms. The van der Waals surface area contributed by atoms with Crippen LogP contribution in [0.25, 0.3) is 11.1 Å². The van der Waals surface area contributed by atoms with Gasteiger partial charge in [-0.3, -0.25) is 4.57 Å². The van der Waals surface area contributed by atoms with Crippen molar-refractivity contribution in [3.63, 3.8) is 0 Å². The van der Waals surface area contributed by atoms with Gasteiger partial charge in [-0.2, -0.15) is 0 Å².